The maximum Gasteiger partial charge on any atom is 0.261 e. The third kappa shape index (κ3) is 1.74. The molecule has 18 heavy (non-hydrogen) atoms. The number of aromatic nitrogens is 2. The summed E-state index contributed by atoms with van der Waals surface area (Å²) in [5.41, 5.74) is 1.79. The molecule has 1 aromatic heterocycles. The molecule has 4 heteroatoms. The summed E-state index contributed by atoms with van der Waals surface area (Å²) in [5, 5.41) is 0.480. The summed E-state index contributed by atoms with van der Waals surface area (Å²) in [4.78, 5) is 17.2. The molecule has 94 valence electrons. The summed E-state index contributed by atoms with van der Waals surface area (Å²) in [6, 6.07) is 6.05. The van der Waals surface area contributed by atoms with Crippen LogP contribution in [0, 0.1) is 6.92 Å². The molecule has 0 spiro atoms. The zero-order valence-electron chi connectivity index (χ0n) is 10.5. The van der Waals surface area contributed by atoms with Crippen LogP contribution in [0.2, 0.25) is 0 Å². The maximum atomic E-state index is 12.6. The fourth-order valence-electron chi connectivity index (χ4n) is 2.39. The number of fused-ring (bicyclic) bond motifs is 1. The monoisotopic (exact) mass is 262 g/mol. The molecular formula is C14H15ClN2O. The van der Waals surface area contributed by atoms with Gasteiger partial charge in [0.05, 0.1) is 16.3 Å². The number of aryl methyl sites for hydroxylation is 1. The predicted molar refractivity (Wildman–Crippen MR) is 73.3 cm³/mol. The van der Waals surface area contributed by atoms with Gasteiger partial charge in [0.25, 0.3) is 5.56 Å². The van der Waals surface area contributed by atoms with Crippen molar-refractivity contribution in [3.8, 4) is 0 Å². The molecule has 0 bridgehead atoms. The first-order valence-corrected chi connectivity index (χ1v) is 6.69. The summed E-state index contributed by atoms with van der Waals surface area (Å²) >= 11 is 6.17. The Kier molecular flexibility index (Phi) is 2.67. The Bertz CT molecular complexity index is 671. The number of hydrogen-bond acceptors (Lipinski definition) is 2. The van der Waals surface area contributed by atoms with Gasteiger partial charge in [-0.2, -0.15) is 0 Å². The topological polar surface area (TPSA) is 34.9 Å². The van der Waals surface area contributed by atoms with Crippen LogP contribution in [0.3, 0.4) is 0 Å². The molecule has 1 aliphatic carbocycles. The Labute approximate surface area is 110 Å². The molecule has 1 saturated carbocycles. The lowest BCUT2D eigenvalue weighted by Gasteiger charge is -2.14. The standard InChI is InChI=1S/C14H15ClN2O/c1-8-4-3-5-11-12(8)14(18)17(10-6-7-10)13(16-11)9(2)15/h3-5,9-10H,6-7H2,1-2H3/t9-/m1/s1. The van der Waals surface area contributed by atoms with E-state index in [1.807, 2.05) is 32.0 Å². The highest BCUT2D eigenvalue weighted by atomic mass is 35.5. The van der Waals surface area contributed by atoms with E-state index in [-0.39, 0.29) is 10.9 Å². The molecule has 2 aromatic rings. The van der Waals surface area contributed by atoms with Crippen molar-refractivity contribution in [2.45, 2.75) is 38.1 Å². The van der Waals surface area contributed by atoms with Gasteiger partial charge in [0.2, 0.25) is 0 Å². The lowest BCUT2D eigenvalue weighted by molar-refractivity contribution is 0.640. The number of halogens is 1. The van der Waals surface area contributed by atoms with Crippen LogP contribution in [0.1, 0.15) is 42.6 Å². The zero-order chi connectivity index (χ0) is 12.9. The molecule has 0 unspecified atom stereocenters. The second-order valence-electron chi connectivity index (χ2n) is 4.96. The van der Waals surface area contributed by atoms with Crippen molar-refractivity contribution >= 4 is 22.5 Å². The van der Waals surface area contributed by atoms with Crippen LogP contribution >= 0.6 is 11.6 Å². The van der Waals surface area contributed by atoms with Gasteiger partial charge in [0.15, 0.2) is 0 Å². The molecule has 3 rings (SSSR count). The van der Waals surface area contributed by atoms with E-state index in [9.17, 15) is 4.79 Å². The Morgan fingerprint density at radius 2 is 2.17 bits per heavy atom. The number of alkyl halides is 1. The van der Waals surface area contributed by atoms with Gasteiger partial charge in [-0.15, -0.1) is 11.6 Å². The van der Waals surface area contributed by atoms with Crippen LogP contribution in [-0.4, -0.2) is 9.55 Å². The molecule has 1 heterocycles. The normalized spacial score (nSPS) is 17.1. The van der Waals surface area contributed by atoms with Crippen LogP contribution in [0.15, 0.2) is 23.0 Å². The van der Waals surface area contributed by atoms with Gasteiger partial charge >= 0.3 is 0 Å². The lowest BCUT2D eigenvalue weighted by atomic mass is 10.1. The molecule has 0 saturated heterocycles. The van der Waals surface area contributed by atoms with Crippen LogP contribution in [0.25, 0.3) is 10.9 Å². The second kappa shape index (κ2) is 4.09. The highest BCUT2D eigenvalue weighted by Crippen LogP contribution is 2.36. The van der Waals surface area contributed by atoms with Crippen molar-refractivity contribution in [1.29, 1.82) is 0 Å². The van der Waals surface area contributed by atoms with Crippen LogP contribution in [0.5, 0.6) is 0 Å². The third-order valence-electron chi connectivity index (χ3n) is 3.43. The Hall–Kier alpha value is -1.35. The first kappa shape index (κ1) is 11.7. The fraction of sp³-hybridized carbons (Fsp3) is 0.429. The van der Waals surface area contributed by atoms with Gasteiger partial charge in [-0.05, 0) is 38.3 Å². The van der Waals surface area contributed by atoms with Crippen LogP contribution in [0.4, 0.5) is 0 Å². The number of benzene rings is 1. The molecule has 1 aliphatic rings. The second-order valence-corrected chi connectivity index (χ2v) is 5.62. The fourth-order valence-corrected chi connectivity index (χ4v) is 2.55. The molecule has 0 N–H and O–H groups in total. The van der Waals surface area contributed by atoms with Crippen molar-refractivity contribution in [2.24, 2.45) is 0 Å². The number of hydrogen-bond donors (Lipinski definition) is 0. The van der Waals surface area contributed by atoms with Crippen molar-refractivity contribution in [3.05, 3.63) is 39.9 Å². The molecule has 0 aliphatic heterocycles. The van der Waals surface area contributed by atoms with Gasteiger partial charge < -0.3 is 0 Å². The van der Waals surface area contributed by atoms with Crippen molar-refractivity contribution in [1.82, 2.24) is 9.55 Å². The van der Waals surface area contributed by atoms with Gasteiger partial charge in [-0.3, -0.25) is 9.36 Å². The summed E-state index contributed by atoms with van der Waals surface area (Å²) < 4.78 is 1.80. The largest absolute Gasteiger partial charge is 0.292 e. The van der Waals surface area contributed by atoms with Crippen molar-refractivity contribution < 1.29 is 0 Å². The summed E-state index contributed by atoms with van der Waals surface area (Å²) in [5.74, 6) is 0.697. The Balaban J connectivity index is 2.42. The predicted octanol–water partition coefficient (Wildman–Crippen LogP) is 3.34. The Morgan fingerprint density at radius 3 is 2.78 bits per heavy atom. The van der Waals surface area contributed by atoms with E-state index >= 15 is 0 Å². The van der Waals surface area contributed by atoms with Gasteiger partial charge in [-0.1, -0.05) is 12.1 Å². The van der Waals surface area contributed by atoms with E-state index in [1.165, 1.54) is 0 Å². The van der Waals surface area contributed by atoms with Gasteiger partial charge in [0, 0.05) is 6.04 Å². The molecule has 3 nitrogen and oxygen atoms in total. The Morgan fingerprint density at radius 1 is 1.44 bits per heavy atom. The minimum atomic E-state index is -0.247. The first-order chi connectivity index (χ1) is 8.59. The molecule has 0 amide bonds. The van der Waals surface area contributed by atoms with Gasteiger partial charge in [-0.25, -0.2) is 4.98 Å². The smallest absolute Gasteiger partial charge is 0.261 e. The average molecular weight is 263 g/mol. The zero-order valence-corrected chi connectivity index (χ0v) is 11.2. The minimum Gasteiger partial charge on any atom is -0.292 e. The molecule has 1 fully saturated rings. The molecule has 1 aromatic carbocycles. The summed E-state index contributed by atoms with van der Waals surface area (Å²) in [7, 11) is 0. The van der Waals surface area contributed by atoms with E-state index in [0.29, 0.717) is 11.9 Å². The van der Waals surface area contributed by atoms with E-state index in [4.69, 9.17) is 11.6 Å². The quantitative estimate of drug-likeness (QED) is 0.778. The van der Waals surface area contributed by atoms with E-state index in [2.05, 4.69) is 4.98 Å². The minimum absolute atomic E-state index is 0.0584. The first-order valence-electron chi connectivity index (χ1n) is 6.25. The maximum absolute atomic E-state index is 12.6. The van der Waals surface area contributed by atoms with E-state index in [0.717, 1.165) is 29.3 Å². The van der Waals surface area contributed by atoms with Crippen LogP contribution in [-0.2, 0) is 0 Å². The highest BCUT2D eigenvalue weighted by Gasteiger charge is 2.29. The van der Waals surface area contributed by atoms with Crippen LogP contribution < -0.4 is 5.56 Å². The van der Waals surface area contributed by atoms with Crippen molar-refractivity contribution in [3.63, 3.8) is 0 Å². The average Bonchev–Trinajstić information content (AvgIpc) is 3.12. The number of nitrogens with zero attached hydrogens (tertiary/aromatic N) is 2. The summed E-state index contributed by atoms with van der Waals surface area (Å²) in [6.07, 6.45) is 2.10. The summed E-state index contributed by atoms with van der Waals surface area (Å²) in [6.45, 7) is 3.82. The molecule has 0 radical (unpaired) electrons. The molecular weight excluding hydrogens is 248 g/mol. The SMILES string of the molecule is Cc1cccc2nc([C@@H](C)Cl)n(C3CC3)c(=O)c12. The van der Waals surface area contributed by atoms with Crippen molar-refractivity contribution in [2.75, 3.05) is 0 Å². The third-order valence-corrected chi connectivity index (χ3v) is 3.63. The van der Waals surface area contributed by atoms with E-state index in [1.54, 1.807) is 4.57 Å². The number of rotatable bonds is 2. The van der Waals surface area contributed by atoms with E-state index < -0.39 is 0 Å². The van der Waals surface area contributed by atoms with Gasteiger partial charge in [0.1, 0.15) is 5.82 Å². The lowest BCUT2D eigenvalue weighted by Crippen LogP contribution is -2.25. The molecule has 1 atom stereocenters. The highest BCUT2D eigenvalue weighted by molar-refractivity contribution is 6.20.